The molecule has 1 unspecified atom stereocenters. The SMILES string of the molecule is CC1(COc2ccc(F)cn2)CCn2cc([N+](=O)[O-])nc2O1. The van der Waals surface area contributed by atoms with Gasteiger partial charge < -0.3 is 19.6 Å². The van der Waals surface area contributed by atoms with Crippen LogP contribution in [-0.2, 0) is 6.54 Å². The number of ether oxygens (including phenoxy) is 2. The Bertz CT molecular complexity index is 703. The highest BCUT2D eigenvalue weighted by molar-refractivity contribution is 5.22. The first-order chi connectivity index (χ1) is 10.5. The molecule has 0 N–H and O–H groups in total. The van der Waals surface area contributed by atoms with Crippen LogP contribution in [0.2, 0.25) is 0 Å². The average molecular weight is 308 g/mol. The predicted octanol–water partition coefficient (Wildman–Crippen LogP) is 1.95. The molecule has 1 atom stereocenters. The lowest BCUT2D eigenvalue weighted by Gasteiger charge is -2.32. The lowest BCUT2D eigenvalue weighted by atomic mass is 10.0. The molecule has 1 aliphatic rings. The molecule has 0 fully saturated rings. The average Bonchev–Trinajstić information content (AvgIpc) is 2.90. The number of halogens is 1. The normalized spacial score (nSPS) is 20.1. The second-order valence-corrected chi connectivity index (χ2v) is 5.24. The quantitative estimate of drug-likeness (QED) is 0.633. The van der Waals surface area contributed by atoms with E-state index in [1.54, 1.807) is 4.57 Å². The minimum absolute atomic E-state index is 0.173. The molecule has 0 radical (unpaired) electrons. The molecule has 8 nitrogen and oxygen atoms in total. The number of nitrogens with zero attached hydrogens (tertiary/aromatic N) is 4. The summed E-state index contributed by atoms with van der Waals surface area (Å²) in [6, 6.07) is 2.87. The molecule has 0 saturated heterocycles. The van der Waals surface area contributed by atoms with E-state index in [1.165, 1.54) is 18.3 Å². The van der Waals surface area contributed by atoms with Crippen molar-refractivity contribution in [2.24, 2.45) is 0 Å². The Hall–Kier alpha value is -2.71. The van der Waals surface area contributed by atoms with Crippen LogP contribution in [0.4, 0.5) is 10.2 Å². The molecule has 0 bridgehead atoms. The summed E-state index contributed by atoms with van der Waals surface area (Å²) < 4.78 is 25.6. The van der Waals surface area contributed by atoms with Gasteiger partial charge in [0, 0.05) is 24.0 Å². The lowest BCUT2D eigenvalue weighted by Crippen LogP contribution is -2.43. The van der Waals surface area contributed by atoms with E-state index in [0.717, 1.165) is 6.20 Å². The third-order valence-corrected chi connectivity index (χ3v) is 3.36. The molecule has 0 aliphatic carbocycles. The number of hydrogen-bond acceptors (Lipinski definition) is 6. The second kappa shape index (κ2) is 5.24. The van der Waals surface area contributed by atoms with E-state index in [2.05, 4.69) is 9.97 Å². The summed E-state index contributed by atoms with van der Waals surface area (Å²) in [6.45, 7) is 2.53. The van der Waals surface area contributed by atoms with Crippen molar-refractivity contribution >= 4 is 5.82 Å². The van der Waals surface area contributed by atoms with Crippen LogP contribution >= 0.6 is 0 Å². The largest absolute Gasteiger partial charge is 0.473 e. The van der Waals surface area contributed by atoms with Gasteiger partial charge in [-0.3, -0.25) is 4.57 Å². The van der Waals surface area contributed by atoms with Crippen LogP contribution in [0.1, 0.15) is 13.3 Å². The number of hydrogen-bond donors (Lipinski definition) is 0. The maximum Gasteiger partial charge on any atom is 0.414 e. The zero-order chi connectivity index (χ0) is 15.7. The molecular weight excluding hydrogens is 295 g/mol. The Morgan fingerprint density at radius 1 is 1.59 bits per heavy atom. The van der Waals surface area contributed by atoms with Gasteiger partial charge in [-0.05, 0) is 17.9 Å². The highest BCUT2D eigenvalue weighted by atomic mass is 19.1. The summed E-state index contributed by atoms with van der Waals surface area (Å²) >= 11 is 0. The molecule has 1 aliphatic heterocycles. The minimum Gasteiger partial charge on any atom is -0.473 e. The van der Waals surface area contributed by atoms with Crippen LogP contribution < -0.4 is 9.47 Å². The first kappa shape index (κ1) is 14.2. The highest BCUT2D eigenvalue weighted by Gasteiger charge is 2.37. The topological polar surface area (TPSA) is 92.3 Å². The van der Waals surface area contributed by atoms with Gasteiger partial charge in [0.2, 0.25) is 5.88 Å². The van der Waals surface area contributed by atoms with Crippen molar-refractivity contribution in [2.75, 3.05) is 6.61 Å². The lowest BCUT2D eigenvalue weighted by molar-refractivity contribution is -0.389. The van der Waals surface area contributed by atoms with Crippen molar-refractivity contribution in [1.82, 2.24) is 14.5 Å². The van der Waals surface area contributed by atoms with Crippen LogP contribution in [0.3, 0.4) is 0 Å². The summed E-state index contributed by atoms with van der Waals surface area (Å²) in [5.74, 6) is -0.409. The Labute approximate surface area is 124 Å². The molecule has 0 aromatic carbocycles. The van der Waals surface area contributed by atoms with Crippen molar-refractivity contribution in [3.05, 3.63) is 40.5 Å². The highest BCUT2D eigenvalue weighted by Crippen LogP contribution is 2.30. The number of nitro groups is 1. The molecule has 9 heteroatoms. The Morgan fingerprint density at radius 3 is 3.09 bits per heavy atom. The van der Waals surface area contributed by atoms with Gasteiger partial charge in [0.15, 0.2) is 0 Å². The monoisotopic (exact) mass is 308 g/mol. The number of fused-ring (bicyclic) bond motifs is 1. The zero-order valence-corrected chi connectivity index (χ0v) is 11.7. The summed E-state index contributed by atoms with van der Waals surface area (Å²) in [7, 11) is 0. The fourth-order valence-electron chi connectivity index (χ4n) is 2.12. The molecule has 0 amide bonds. The van der Waals surface area contributed by atoms with E-state index in [9.17, 15) is 14.5 Å². The molecule has 116 valence electrons. The zero-order valence-electron chi connectivity index (χ0n) is 11.7. The Morgan fingerprint density at radius 2 is 2.41 bits per heavy atom. The van der Waals surface area contributed by atoms with E-state index >= 15 is 0 Å². The van der Waals surface area contributed by atoms with E-state index in [1.807, 2.05) is 6.92 Å². The summed E-state index contributed by atoms with van der Waals surface area (Å²) in [5, 5.41) is 10.7. The molecule has 22 heavy (non-hydrogen) atoms. The first-order valence-electron chi connectivity index (χ1n) is 6.60. The van der Waals surface area contributed by atoms with Gasteiger partial charge in [-0.25, -0.2) is 9.37 Å². The van der Waals surface area contributed by atoms with Crippen molar-refractivity contribution in [3.63, 3.8) is 0 Å². The van der Waals surface area contributed by atoms with Crippen LogP contribution in [-0.4, -0.2) is 31.7 Å². The smallest absolute Gasteiger partial charge is 0.414 e. The molecule has 2 aromatic rings. The van der Waals surface area contributed by atoms with Gasteiger partial charge in [0.25, 0.3) is 0 Å². The van der Waals surface area contributed by atoms with Gasteiger partial charge >= 0.3 is 11.8 Å². The predicted molar refractivity (Wildman–Crippen MR) is 72.2 cm³/mol. The maximum absolute atomic E-state index is 12.8. The molecule has 2 aromatic heterocycles. The van der Waals surface area contributed by atoms with Crippen molar-refractivity contribution in [2.45, 2.75) is 25.5 Å². The fraction of sp³-hybridized carbons (Fsp3) is 0.385. The molecule has 0 spiro atoms. The standard InChI is InChI=1S/C13H13FN4O4/c1-13(8-21-11-3-2-9(14)6-15-11)4-5-17-7-10(18(19)20)16-12(17)22-13/h2-3,6-7H,4-5,8H2,1H3. The third kappa shape index (κ3) is 2.83. The van der Waals surface area contributed by atoms with Crippen LogP contribution in [0.15, 0.2) is 24.5 Å². The molecule has 3 heterocycles. The van der Waals surface area contributed by atoms with Crippen LogP contribution in [0, 0.1) is 15.9 Å². The van der Waals surface area contributed by atoms with Gasteiger partial charge in [-0.15, -0.1) is 0 Å². The van der Waals surface area contributed by atoms with E-state index in [0.29, 0.717) is 13.0 Å². The fourth-order valence-corrected chi connectivity index (χ4v) is 2.12. The van der Waals surface area contributed by atoms with Gasteiger partial charge in [0.05, 0.1) is 6.20 Å². The van der Waals surface area contributed by atoms with Gasteiger partial charge in [0.1, 0.15) is 24.2 Å². The number of aromatic nitrogens is 3. The van der Waals surface area contributed by atoms with Crippen LogP contribution in [0.25, 0.3) is 0 Å². The molecule has 0 saturated carbocycles. The minimum atomic E-state index is -0.689. The van der Waals surface area contributed by atoms with Crippen molar-refractivity contribution in [3.8, 4) is 11.9 Å². The van der Waals surface area contributed by atoms with Crippen molar-refractivity contribution < 1.29 is 18.8 Å². The number of aryl methyl sites for hydroxylation is 1. The second-order valence-electron chi connectivity index (χ2n) is 5.24. The third-order valence-electron chi connectivity index (χ3n) is 3.36. The Balaban J connectivity index is 1.69. The molecular formula is C13H13FN4O4. The summed E-state index contributed by atoms with van der Waals surface area (Å²) in [4.78, 5) is 17.8. The summed E-state index contributed by atoms with van der Waals surface area (Å²) in [5.41, 5.74) is -0.689. The van der Waals surface area contributed by atoms with E-state index in [-0.39, 0.29) is 24.3 Å². The maximum atomic E-state index is 12.8. The van der Waals surface area contributed by atoms with Gasteiger partial charge in [-0.2, -0.15) is 0 Å². The number of rotatable bonds is 4. The Kier molecular flexibility index (Phi) is 3.39. The number of imidazole rings is 1. The molecule has 3 rings (SSSR count). The van der Waals surface area contributed by atoms with Crippen molar-refractivity contribution in [1.29, 1.82) is 0 Å². The summed E-state index contributed by atoms with van der Waals surface area (Å²) in [6.07, 6.45) is 3.00. The van der Waals surface area contributed by atoms with E-state index in [4.69, 9.17) is 9.47 Å². The first-order valence-corrected chi connectivity index (χ1v) is 6.60. The number of pyridine rings is 1. The van der Waals surface area contributed by atoms with Crippen LogP contribution in [0.5, 0.6) is 11.9 Å². The van der Waals surface area contributed by atoms with Gasteiger partial charge in [-0.1, -0.05) is 0 Å². The van der Waals surface area contributed by atoms with E-state index < -0.39 is 16.3 Å².